The van der Waals surface area contributed by atoms with Crippen molar-refractivity contribution in [1.29, 1.82) is 0 Å². The van der Waals surface area contributed by atoms with Crippen LogP contribution in [0.1, 0.15) is 74.2 Å². The van der Waals surface area contributed by atoms with E-state index < -0.39 is 29.5 Å². The van der Waals surface area contributed by atoms with Gasteiger partial charge in [0.05, 0.1) is 33.1 Å². The van der Waals surface area contributed by atoms with Gasteiger partial charge in [0.2, 0.25) is 11.8 Å². The van der Waals surface area contributed by atoms with E-state index in [1.165, 1.54) is 54.6 Å². The van der Waals surface area contributed by atoms with Crippen LogP contribution in [0.5, 0.6) is 0 Å². The van der Waals surface area contributed by atoms with Gasteiger partial charge in [0.25, 0.3) is 0 Å². The molecule has 4 aromatic rings. The third-order valence-corrected chi connectivity index (χ3v) is 8.82. The Morgan fingerprint density at radius 1 is 0.623 bits per heavy atom. The first-order valence-corrected chi connectivity index (χ1v) is 16.9. The van der Waals surface area contributed by atoms with Crippen LogP contribution in [-0.2, 0) is 15.8 Å². The highest BCUT2D eigenvalue weighted by Crippen LogP contribution is 2.34. The van der Waals surface area contributed by atoms with Crippen LogP contribution in [0, 0.1) is 17.7 Å². The molecule has 2 aliphatic rings. The largest absolute Gasteiger partial charge is 0.478 e. The number of amides is 2. The molecule has 0 spiro atoms. The number of carbonyl (C=O) groups excluding carboxylic acids is 2. The molecule has 53 heavy (non-hydrogen) atoms. The first kappa shape index (κ1) is 38.8. The van der Waals surface area contributed by atoms with Crippen molar-refractivity contribution in [2.45, 2.75) is 31.9 Å². The van der Waals surface area contributed by atoms with Gasteiger partial charge >= 0.3 is 18.1 Å². The summed E-state index contributed by atoms with van der Waals surface area (Å²) in [4.78, 5) is 46.7. The van der Waals surface area contributed by atoms with Gasteiger partial charge in [0, 0.05) is 16.9 Å². The van der Waals surface area contributed by atoms with E-state index in [0.29, 0.717) is 22.3 Å². The Bertz CT molecular complexity index is 2140. The zero-order chi connectivity index (χ0) is 38.4. The summed E-state index contributed by atoms with van der Waals surface area (Å²) < 4.78 is 51.1. The highest BCUT2D eigenvalue weighted by Gasteiger charge is 2.32. The summed E-state index contributed by atoms with van der Waals surface area (Å²) in [6, 6.07) is 16.2. The molecule has 0 aromatic heterocycles. The third-order valence-electron chi connectivity index (χ3n) is 8.16. The third kappa shape index (κ3) is 10.8. The topological polar surface area (TPSA) is 133 Å². The van der Waals surface area contributed by atoms with Crippen molar-refractivity contribution < 1.29 is 47.0 Å². The number of aromatic carboxylic acids is 2. The van der Waals surface area contributed by atoms with Crippen molar-refractivity contribution in [1.82, 2.24) is 0 Å². The fourth-order valence-electron chi connectivity index (χ4n) is 4.91. The van der Waals surface area contributed by atoms with Crippen molar-refractivity contribution >= 4 is 82.6 Å². The van der Waals surface area contributed by atoms with Crippen LogP contribution in [0.2, 0.25) is 10.0 Å². The first-order valence-electron chi connectivity index (χ1n) is 16.1. The fraction of sp³-hybridized carbons (Fsp3) is 0.179. The van der Waals surface area contributed by atoms with Crippen LogP contribution < -0.4 is 10.6 Å². The van der Waals surface area contributed by atoms with Crippen molar-refractivity contribution in [3.63, 3.8) is 0 Å². The van der Waals surface area contributed by atoms with Gasteiger partial charge in [-0.3, -0.25) is 9.59 Å². The molecule has 0 atom stereocenters. The lowest BCUT2D eigenvalue weighted by Gasteiger charge is -2.09. The first-order chi connectivity index (χ1) is 25.1. The number of rotatable bonds is 10. The summed E-state index contributed by atoms with van der Waals surface area (Å²) >= 11 is 11.9. The molecular formula is C39H30Cl2F4N2O6. The second kappa shape index (κ2) is 16.5. The van der Waals surface area contributed by atoms with Gasteiger partial charge in [-0.05, 0) is 96.5 Å². The molecule has 8 nitrogen and oxygen atoms in total. The predicted molar refractivity (Wildman–Crippen MR) is 195 cm³/mol. The maximum absolute atomic E-state index is 13.1. The SMILES string of the molecule is O=C(O)c1cc(/C=C/c2ccc(C(F)(F)F)cc2Cl)ccc1NC(=O)C1CC1.O=C(O)c1cc(/C=C/c2ccc(F)cc2Cl)ccc1NC(=O)C1CC1. The smallest absolute Gasteiger partial charge is 0.416 e. The summed E-state index contributed by atoms with van der Waals surface area (Å²) in [6.07, 6.45) is 5.17. The van der Waals surface area contributed by atoms with Crippen molar-refractivity contribution in [2.75, 3.05) is 10.6 Å². The average Bonchev–Trinajstić information content (AvgIpc) is 4.01. The van der Waals surface area contributed by atoms with E-state index in [4.69, 9.17) is 23.2 Å². The second-order valence-electron chi connectivity index (χ2n) is 12.3. The Morgan fingerprint density at radius 2 is 1.06 bits per heavy atom. The number of anilines is 2. The van der Waals surface area contributed by atoms with Crippen LogP contribution in [-0.4, -0.2) is 34.0 Å². The molecule has 274 valence electrons. The van der Waals surface area contributed by atoms with E-state index in [9.17, 15) is 47.0 Å². The van der Waals surface area contributed by atoms with Crippen LogP contribution in [0.3, 0.4) is 0 Å². The molecule has 4 aromatic carbocycles. The van der Waals surface area contributed by atoms with E-state index in [2.05, 4.69) is 10.6 Å². The molecule has 0 saturated heterocycles. The second-order valence-corrected chi connectivity index (χ2v) is 13.1. The Hall–Kier alpha value is -5.46. The molecular weight excluding hydrogens is 739 g/mol. The Labute approximate surface area is 310 Å². The number of carboxylic acids is 2. The number of carbonyl (C=O) groups is 4. The molecule has 0 aliphatic heterocycles. The maximum atomic E-state index is 13.1. The van der Waals surface area contributed by atoms with E-state index in [1.807, 2.05) is 0 Å². The number of benzene rings is 4. The molecule has 4 N–H and O–H groups in total. The molecule has 2 aliphatic carbocycles. The number of halogens is 6. The Balaban J connectivity index is 0.000000206. The van der Waals surface area contributed by atoms with E-state index in [0.717, 1.165) is 37.8 Å². The van der Waals surface area contributed by atoms with Gasteiger partial charge in [0.15, 0.2) is 0 Å². The lowest BCUT2D eigenvalue weighted by atomic mass is 10.1. The minimum absolute atomic E-state index is 0.0122. The van der Waals surface area contributed by atoms with Gasteiger partial charge < -0.3 is 20.8 Å². The van der Waals surface area contributed by atoms with Gasteiger partial charge in [-0.1, -0.05) is 71.8 Å². The standard InChI is InChI=1S/C20H15ClF3NO3.C19H15ClFNO3/c21-16-10-14(20(22,23)24)7-6-12(16)3-1-11-2-8-17(15(9-11)19(27)28)25-18(26)13-4-5-13;20-16-10-14(21)7-6-12(16)3-1-11-2-8-17(15(9-11)19(24)25)22-18(23)13-4-5-13/h1-3,6-10,13H,4-5H2,(H,25,26)(H,27,28);1-3,6-10,13H,4-5H2,(H,22,23)(H,24,25)/b2*3-1+. The quantitative estimate of drug-likeness (QED) is 0.0938. The van der Waals surface area contributed by atoms with Gasteiger partial charge in [0.1, 0.15) is 5.82 Å². The highest BCUT2D eigenvalue weighted by molar-refractivity contribution is 6.32. The lowest BCUT2D eigenvalue weighted by molar-refractivity contribution is -0.137. The van der Waals surface area contributed by atoms with E-state index in [1.54, 1.807) is 30.4 Å². The molecule has 14 heteroatoms. The van der Waals surface area contributed by atoms with E-state index >= 15 is 0 Å². The minimum Gasteiger partial charge on any atom is -0.478 e. The summed E-state index contributed by atoms with van der Waals surface area (Å²) in [6.45, 7) is 0. The van der Waals surface area contributed by atoms with Gasteiger partial charge in [-0.2, -0.15) is 13.2 Å². The van der Waals surface area contributed by atoms with Crippen molar-refractivity contribution in [2.24, 2.45) is 11.8 Å². The summed E-state index contributed by atoms with van der Waals surface area (Å²) in [5, 5.41) is 24.2. The monoisotopic (exact) mass is 768 g/mol. The van der Waals surface area contributed by atoms with E-state index in [-0.39, 0.29) is 56.2 Å². The lowest BCUT2D eigenvalue weighted by Crippen LogP contribution is -2.16. The zero-order valence-electron chi connectivity index (χ0n) is 27.5. The zero-order valence-corrected chi connectivity index (χ0v) is 29.0. The molecule has 2 fully saturated rings. The average molecular weight is 770 g/mol. The van der Waals surface area contributed by atoms with Crippen LogP contribution in [0.25, 0.3) is 24.3 Å². The predicted octanol–water partition coefficient (Wildman–Crippen LogP) is 10.3. The minimum atomic E-state index is -4.48. The number of nitrogens with one attached hydrogen (secondary N) is 2. The van der Waals surface area contributed by atoms with Gasteiger partial charge in [-0.15, -0.1) is 0 Å². The fourth-order valence-corrected chi connectivity index (χ4v) is 5.38. The molecule has 0 unspecified atom stereocenters. The Morgan fingerprint density at radius 3 is 1.43 bits per heavy atom. The molecule has 6 rings (SSSR count). The molecule has 0 bridgehead atoms. The number of carboxylic acid groups (broad SMARTS) is 2. The summed E-state index contributed by atoms with van der Waals surface area (Å²) in [5.41, 5.74) is 1.67. The van der Waals surface area contributed by atoms with Crippen molar-refractivity contribution in [3.8, 4) is 0 Å². The van der Waals surface area contributed by atoms with Crippen LogP contribution in [0.4, 0.5) is 28.9 Å². The van der Waals surface area contributed by atoms with Gasteiger partial charge in [-0.25, -0.2) is 14.0 Å². The normalized spacial score (nSPS) is 14.1. The Kier molecular flexibility index (Phi) is 12.0. The molecule has 0 heterocycles. The highest BCUT2D eigenvalue weighted by atomic mass is 35.5. The molecule has 2 amide bonds. The maximum Gasteiger partial charge on any atom is 0.416 e. The van der Waals surface area contributed by atoms with Crippen molar-refractivity contribution in [3.05, 3.63) is 128 Å². The number of hydrogen-bond donors (Lipinski definition) is 4. The number of alkyl halides is 3. The summed E-state index contributed by atoms with van der Waals surface area (Å²) in [5.74, 6) is -3.18. The molecule has 2 saturated carbocycles. The van der Waals surface area contributed by atoms with Crippen LogP contribution >= 0.6 is 23.2 Å². The molecule has 0 radical (unpaired) electrons. The number of hydrogen-bond acceptors (Lipinski definition) is 4. The summed E-state index contributed by atoms with van der Waals surface area (Å²) in [7, 11) is 0. The van der Waals surface area contributed by atoms with Crippen LogP contribution in [0.15, 0.2) is 72.8 Å².